The monoisotopic (exact) mass is 678 g/mol. The maximum atomic E-state index is 12.9. The van der Waals surface area contributed by atoms with Crippen LogP contribution >= 0.6 is 11.3 Å². The summed E-state index contributed by atoms with van der Waals surface area (Å²) in [6.07, 6.45) is 1.29. The lowest BCUT2D eigenvalue weighted by Gasteiger charge is -2.33. The molecule has 1 saturated heterocycles. The van der Waals surface area contributed by atoms with Gasteiger partial charge in [-0.2, -0.15) is 18.4 Å². The lowest BCUT2D eigenvalue weighted by Crippen LogP contribution is -2.42. The largest absolute Gasteiger partial charge is 0.393 e. The first kappa shape index (κ1) is 32.3. The highest BCUT2D eigenvalue weighted by Crippen LogP contribution is 2.58. The van der Waals surface area contributed by atoms with Crippen molar-refractivity contribution in [3.05, 3.63) is 52.3 Å². The molecule has 7 rings (SSSR count). The molecule has 2 saturated carbocycles. The smallest absolute Gasteiger partial charge is 0.367 e. The Morgan fingerprint density at radius 2 is 2.00 bits per heavy atom. The van der Waals surface area contributed by atoms with E-state index < -0.39 is 12.6 Å². The molecule has 0 spiro atoms. The van der Waals surface area contributed by atoms with Gasteiger partial charge < -0.3 is 20.5 Å². The van der Waals surface area contributed by atoms with E-state index >= 15 is 0 Å². The number of carbonyl (C=O) groups is 2. The lowest BCUT2D eigenvalue weighted by molar-refractivity contribution is -0.126. The van der Waals surface area contributed by atoms with E-state index in [0.29, 0.717) is 40.0 Å². The molecule has 4 aromatic rings. The molecule has 3 fully saturated rings. The molecule has 14 heteroatoms. The van der Waals surface area contributed by atoms with Gasteiger partial charge in [0.05, 0.1) is 18.4 Å². The molecular formula is C34H37F3N8O2S. The fourth-order valence-corrected chi connectivity index (χ4v) is 8.98. The first-order valence-corrected chi connectivity index (χ1v) is 17.1. The molecule has 3 N–H and O–H groups in total. The van der Waals surface area contributed by atoms with Gasteiger partial charge >= 0.3 is 6.18 Å². The number of anilines is 1. The number of likely N-dealkylation sites (tertiary alicyclic amines) is 1. The van der Waals surface area contributed by atoms with E-state index in [1.807, 2.05) is 6.07 Å². The molecule has 1 aliphatic heterocycles. The molecule has 48 heavy (non-hydrogen) atoms. The maximum Gasteiger partial charge on any atom is 0.393 e. The number of halogens is 3. The number of amides is 2. The van der Waals surface area contributed by atoms with E-state index in [-0.39, 0.29) is 28.9 Å². The summed E-state index contributed by atoms with van der Waals surface area (Å²) in [5.41, 5.74) is 3.89. The molecule has 252 valence electrons. The number of aromatic nitrogens is 3. The summed E-state index contributed by atoms with van der Waals surface area (Å²) in [4.78, 5) is 34.5. The predicted octanol–water partition coefficient (Wildman–Crippen LogP) is 5.04. The van der Waals surface area contributed by atoms with Crippen molar-refractivity contribution >= 4 is 50.6 Å². The van der Waals surface area contributed by atoms with Crippen molar-refractivity contribution in [2.75, 3.05) is 25.0 Å². The first-order chi connectivity index (χ1) is 23.0. The third kappa shape index (κ3) is 6.58. The van der Waals surface area contributed by atoms with Gasteiger partial charge in [-0.05, 0) is 80.2 Å². The Morgan fingerprint density at radius 3 is 2.75 bits per heavy atom. The van der Waals surface area contributed by atoms with Crippen LogP contribution in [0.1, 0.15) is 53.8 Å². The molecule has 3 aromatic heterocycles. The highest BCUT2D eigenvalue weighted by Gasteiger charge is 2.60. The molecule has 2 amide bonds. The Kier molecular flexibility index (Phi) is 8.53. The zero-order valence-electron chi connectivity index (χ0n) is 26.6. The van der Waals surface area contributed by atoms with Gasteiger partial charge in [0.25, 0.3) is 0 Å². The zero-order chi connectivity index (χ0) is 33.6. The molecule has 10 nitrogen and oxygen atoms in total. The minimum Gasteiger partial charge on any atom is -0.367 e. The second-order valence-electron chi connectivity index (χ2n) is 13.6. The highest BCUT2D eigenvalue weighted by molar-refractivity contribution is 7.18. The predicted molar refractivity (Wildman–Crippen MR) is 176 cm³/mol. The average Bonchev–Trinajstić information content (AvgIpc) is 3.33. The summed E-state index contributed by atoms with van der Waals surface area (Å²) in [6, 6.07) is 10.4. The van der Waals surface area contributed by atoms with Crippen molar-refractivity contribution in [2.24, 2.45) is 11.8 Å². The van der Waals surface area contributed by atoms with Crippen molar-refractivity contribution in [2.45, 2.75) is 76.3 Å². The number of hydrogen-bond acceptors (Lipinski definition) is 8. The van der Waals surface area contributed by atoms with E-state index in [4.69, 9.17) is 0 Å². The van der Waals surface area contributed by atoms with Crippen LogP contribution in [0, 0.1) is 30.1 Å². The fraction of sp³-hybridized carbons (Fsp3) is 0.500. The van der Waals surface area contributed by atoms with Crippen molar-refractivity contribution in [3.8, 4) is 6.07 Å². The number of thiophene rings is 1. The molecule has 0 radical (unpaired) electrons. The number of aryl methyl sites for hydroxylation is 1. The summed E-state index contributed by atoms with van der Waals surface area (Å²) in [5.74, 6) is 1.21. The Balaban J connectivity index is 0.975. The van der Waals surface area contributed by atoms with Gasteiger partial charge in [-0.15, -0.1) is 11.3 Å². The maximum absolute atomic E-state index is 12.9. The number of alkyl halides is 3. The zero-order valence-corrected chi connectivity index (χ0v) is 27.4. The molecule has 3 aliphatic rings. The molecule has 3 unspecified atom stereocenters. The number of nitriles is 1. The number of fused-ring (bicyclic) bond motifs is 3. The Labute approximate surface area is 279 Å². The Bertz CT molecular complexity index is 1910. The Morgan fingerprint density at radius 1 is 1.19 bits per heavy atom. The van der Waals surface area contributed by atoms with Crippen LogP contribution < -0.4 is 16.0 Å². The topological polar surface area (TPSA) is 128 Å². The standard InChI is InChI=1S/C34H37F3N8O2S/c1-20-22(17-44-6-4-24(5-7-44)42-31-28-10-26(13-34(35,36)37)48-32(28)41-18-40-31)2-3-29-27(20)9-25(14-38)45(29)16-21-8-23-12-33(23,11-21)43-30(47)15-39-19-46/h2-3,9-10,18-19,21,23-24H,4-8,11-13,15-17H2,1H3,(H,39,46)(H,43,47)(H,40,41,42). The number of piperidine rings is 1. The highest BCUT2D eigenvalue weighted by atomic mass is 32.1. The van der Waals surface area contributed by atoms with Crippen LogP contribution in [0.3, 0.4) is 0 Å². The van der Waals surface area contributed by atoms with E-state index in [9.17, 15) is 28.0 Å². The van der Waals surface area contributed by atoms with Gasteiger partial charge in [0.2, 0.25) is 12.3 Å². The van der Waals surface area contributed by atoms with Gasteiger partial charge in [0.1, 0.15) is 28.7 Å². The number of hydrogen-bond donors (Lipinski definition) is 3. The fourth-order valence-electron chi connectivity index (χ4n) is 7.95. The third-order valence-corrected chi connectivity index (χ3v) is 11.4. The number of nitrogens with zero attached hydrogens (tertiary/aromatic N) is 5. The van der Waals surface area contributed by atoms with Crippen molar-refractivity contribution in [3.63, 3.8) is 0 Å². The average molecular weight is 679 g/mol. The Hall–Kier alpha value is -4.22. The quantitative estimate of drug-likeness (QED) is 0.190. The van der Waals surface area contributed by atoms with Crippen LogP contribution in [0.25, 0.3) is 21.1 Å². The SMILES string of the molecule is Cc1c(CN2CCC(Nc3ncnc4sc(CC(F)(F)F)cc34)CC2)ccc2c1cc(C#N)n2CC1CC2CC2(NC(=O)CNC=O)C1. The van der Waals surface area contributed by atoms with Gasteiger partial charge in [-0.3, -0.25) is 14.5 Å². The molecule has 0 bridgehead atoms. The summed E-state index contributed by atoms with van der Waals surface area (Å²) in [6.45, 7) is 5.34. The number of benzene rings is 1. The molecular weight excluding hydrogens is 641 g/mol. The van der Waals surface area contributed by atoms with Crippen LogP contribution in [-0.2, 0) is 29.1 Å². The number of nitrogens with one attached hydrogen (secondary N) is 3. The second kappa shape index (κ2) is 12.7. The van der Waals surface area contributed by atoms with E-state index in [2.05, 4.69) is 60.5 Å². The normalized spacial score (nSPS) is 22.8. The van der Waals surface area contributed by atoms with Crippen LogP contribution in [0.5, 0.6) is 0 Å². The molecule has 2 aliphatic carbocycles. The van der Waals surface area contributed by atoms with E-state index in [0.717, 1.165) is 80.5 Å². The van der Waals surface area contributed by atoms with Crippen LogP contribution in [0.15, 0.2) is 30.6 Å². The van der Waals surface area contributed by atoms with E-state index in [1.54, 1.807) is 6.07 Å². The minimum absolute atomic E-state index is 0.0144. The summed E-state index contributed by atoms with van der Waals surface area (Å²) in [7, 11) is 0. The summed E-state index contributed by atoms with van der Waals surface area (Å²) < 4.78 is 41.0. The van der Waals surface area contributed by atoms with Gasteiger partial charge in [0.15, 0.2) is 0 Å². The van der Waals surface area contributed by atoms with Gasteiger partial charge in [0, 0.05) is 53.5 Å². The van der Waals surface area contributed by atoms with E-state index in [1.165, 1.54) is 17.5 Å². The number of carbonyl (C=O) groups excluding carboxylic acids is 2. The summed E-state index contributed by atoms with van der Waals surface area (Å²) in [5, 5.41) is 20.8. The first-order valence-electron chi connectivity index (χ1n) is 16.3. The van der Waals surface area contributed by atoms with Gasteiger partial charge in [-0.25, -0.2) is 9.97 Å². The molecule has 3 atom stereocenters. The van der Waals surface area contributed by atoms with Crippen LogP contribution in [-0.4, -0.2) is 69.1 Å². The van der Waals surface area contributed by atoms with Crippen LogP contribution in [0.2, 0.25) is 0 Å². The minimum atomic E-state index is -4.27. The van der Waals surface area contributed by atoms with Crippen LogP contribution in [0.4, 0.5) is 19.0 Å². The third-order valence-electron chi connectivity index (χ3n) is 10.3. The number of rotatable bonds is 11. The second-order valence-corrected chi connectivity index (χ2v) is 14.7. The van der Waals surface area contributed by atoms with Crippen molar-refractivity contribution in [1.29, 1.82) is 5.26 Å². The molecule has 1 aromatic carbocycles. The van der Waals surface area contributed by atoms with Gasteiger partial charge in [-0.1, -0.05) is 6.07 Å². The summed E-state index contributed by atoms with van der Waals surface area (Å²) >= 11 is 1.06. The van der Waals surface area contributed by atoms with Crippen molar-refractivity contribution in [1.82, 2.24) is 30.1 Å². The van der Waals surface area contributed by atoms with Crippen molar-refractivity contribution < 1.29 is 22.8 Å². The lowest BCUT2D eigenvalue weighted by atomic mass is 10.0. The molecule has 4 heterocycles.